The van der Waals surface area contributed by atoms with Crippen molar-refractivity contribution in [2.24, 2.45) is 11.7 Å². The molecule has 2 rings (SSSR count). The molecule has 2 N–H and O–H groups in total. The smallest absolute Gasteiger partial charge is 0.326 e. The van der Waals surface area contributed by atoms with Gasteiger partial charge in [0.1, 0.15) is 5.54 Å². The Bertz CT molecular complexity index is 277. The van der Waals surface area contributed by atoms with Crippen LogP contribution in [0.5, 0.6) is 0 Å². The zero-order chi connectivity index (χ0) is 12.3. The number of nitrogens with zero attached hydrogens (tertiary/aromatic N) is 1. The molecule has 4 heteroatoms. The van der Waals surface area contributed by atoms with E-state index in [1.807, 2.05) is 0 Å². The van der Waals surface area contributed by atoms with Crippen molar-refractivity contribution in [3.63, 3.8) is 0 Å². The first-order chi connectivity index (χ1) is 8.16. The van der Waals surface area contributed by atoms with E-state index in [1.54, 1.807) is 0 Å². The first-order valence-electron chi connectivity index (χ1n) is 6.76. The van der Waals surface area contributed by atoms with Crippen LogP contribution in [0.25, 0.3) is 0 Å². The van der Waals surface area contributed by atoms with Gasteiger partial charge in [0, 0.05) is 0 Å². The summed E-state index contributed by atoms with van der Waals surface area (Å²) in [5.41, 5.74) is 5.54. The molecule has 0 radical (unpaired) electrons. The van der Waals surface area contributed by atoms with Gasteiger partial charge >= 0.3 is 5.97 Å². The standard InChI is InChI=1S/C13H24N2O2/c1-17-12(16)13(14)7-4-5-11(13)6-10-15-8-2-3-9-15/h11H,2-10,14H2,1H3. The van der Waals surface area contributed by atoms with Crippen LogP contribution < -0.4 is 5.73 Å². The molecule has 1 saturated heterocycles. The van der Waals surface area contributed by atoms with Gasteiger partial charge in [-0.3, -0.25) is 4.79 Å². The highest BCUT2D eigenvalue weighted by atomic mass is 16.5. The van der Waals surface area contributed by atoms with E-state index >= 15 is 0 Å². The zero-order valence-corrected chi connectivity index (χ0v) is 10.8. The van der Waals surface area contributed by atoms with E-state index in [9.17, 15) is 4.79 Å². The maximum absolute atomic E-state index is 11.8. The van der Waals surface area contributed by atoms with Crippen LogP contribution in [0, 0.1) is 5.92 Å². The van der Waals surface area contributed by atoms with Crippen molar-refractivity contribution in [1.82, 2.24) is 4.90 Å². The topological polar surface area (TPSA) is 55.6 Å². The summed E-state index contributed by atoms with van der Waals surface area (Å²) in [6.07, 6.45) is 6.57. The molecule has 0 spiro atoms. The summed E-state index contributed by atoms with van der Waals surface area (Å²) in [5.74, 6) is 0.0805. The number of methoxy groups -OCH3 is 1. The number of nitrogens with two attached hydrogens (primary N) is 1. The third-order valence-corrected chi connectivity index (χ3v) is 4.43. The molecule has 2 atom stereocenters. The number of rotatable bonds is 4. The average molecular weight is 240 g/mol. The minimum absolute atomic E-state index is 0.221. The Morgan fingerprint density at radius 2 is 2.12 bits per heavy atom. The van der Waals surface area contributed by atoms with Crippen molar-refractivity contribution in [2.45, 2.75) is 44.1 Å². The first-order valence-corrected chi connectivity index (χ1v) is 6.76. The lowest BCUT2D eigenvalue weighted by atomic mass is 9.85. The summed E-state index contributed by atoms with van der Waals surface area (Å²) in [6.45, 7) is 3.51. The fraction of sp³-hybridized carbons (Fsp3) is 0.923. The molecule has 4 nitrogen and oxygen atoms in total. The number of carbonyl (C=O) groups is 1. The van der Waals surface area contributed by atoms with E-state index in [1.165, 1.54) is 33.0 Å². The van der Waals surface area contributed by atoms with E-state index in [-0.39, 0.29) is 5.97 Å². The van der Waals surface area contributed by atoms with Crippen LogP contribution in [0.3, 0.4) is 0 Å². The van der Waals surface area contributed by atoms with Crippen molar-refractivity contribution in [1.29, 1.82) is 0 Å². The summed E-state index contributed by atoms with van der Waals surface area (Å²) in [7, 11) is 1.44. The molecule has 2 aliphatic rings. The molecule has 0 aromatic carbocycles. The highest BCUT2D eigenvalue weighted by Crippen LogP contribution is 2.37. The second-order valence-corrected chi connectivity index (χ2v) is 5.46. The van der Waals surface area contributed by atoms with Crippen LogP contribution in [0.2, 0.25) is 0 Å². The molecule has 17 heavy (non-hydrogen) atoms. The van der Waals surface area contributed by atoms with E-state index in [0.29, 0.717) is 5.92 Å². The first kappa shape index (κ1) is 12.8. The van der Waals surface area contributed by atoms with E-state index < -0.39 is 5.54 Å². The number of hydrogen-bond donors (Lipinski definition) is 1. The Morgan fingerprint density at radius 1 is 1.41 bits per heavy atom. The lowest BCUT2D eigenvalue weighted by molar-refractivity contribution is -0.148. The largest absolute Gasteiger partial charge is 0.468 e. The van der Waals surface area contributed by atoms with Gasteiger partial charge in [0.05, 0.1) is 7.11 Å². The molecule has 1 aliphatic carbocycles. The molecule has 98 valence electrons. The molecule has 2 unspecified atom stereocenters. The Kier molecular flexibility index (Phi) is 4.05. The predicted molar refractivity (Wildman–Crippen MR) is 66.6 cm³/mol. The minimum atomic E-state index is -0.714. The molecule has 2 fully saturated rings. The lowest BCUT2D eigenvalue weighted by Gasteiger charge is -2.29. The summed E-state index contributed by atoms with van der Waals surface area (Å²) in [5, 5.41) is 0. The van der Waals surface area contributed by atoms with Crippen LogP contribution in [0.1, 0.15) is 38.5 Å². The van der Waals surface area contributed by atoms with Crippen molar-refractivity contribution in [3.8, 4) is 0 Å². The number of hydrogen-bond acceptors (Lipinski definition) is 4. The maximum Gasteiger partial charge on any atom is 0.326 e. The Labute approximate surface area is 103 Å². The van der Waals surface area contributed by atoms with Crippen molar-refractivity contribution >= 4 is 5.97 Å². The molecule has 1 saturated carbocycles. The van der Waals surface area contributed by atoms with Gasteiger partial charge in [-0.05, 0) is 57.7 Å². The Morgan fingerprint density at radius 3 is 2.76 bits per heavy atom. The number of carbonyl (C=O) groups excluding carboxylic acids is 1. The van der Waals surface area contributed by atoms with Gasteiger partial charge in [0.2, 0.25) is 0 Å². The average Bonchev–Trinajstić information content (AvgIpc) is 2.95. The van der Waals surface area contributed by atoms with Crippen molar-refractivity contribution in [2.75, 3.05) is 26.7 Å². The molecule has 0 bridgehead atoms. The van der Waals surface area contributed by atoms with Crippen LogP contribution in [-0.2, 0) is 9.53 Å². The van der Waals surface area contributed by atoms with Gasteiger partial charge in [-0.15, -0.1) is 0 Å². The van der Waals surface area contributed by atoms with Crippen LogP contribution >= 0.6 is 0 Å². The SMILES string of the molecule is COC(=O)C1(N)CCCC1CCN1CCCC1. The fourth-order valence-corrected chi connectivity index (χ4v) is 3.31. The van der Waals surface area contributed by atoms with Gasteiger partial charge in [-0.25, -0.2) is 0 Å². The van der Waals surface area contributed by atoms with E-state index in [0.717, 1.165) is 32.2 Å². The predicted octanol–water partition coefficient (Wildman–Crippen LogP) is 1.14. The van der Waals surface area contributed by atoms with Crippen LogP contribution in [0.4, 0.5) is 0 Å². The third kappa shape index (κ3) is 2.63. The molecular weight excluding hydrogens is 216 g/mol. The monoisotopic (exact) mass is 240 g/mol. The maximum atomic E-state index is 11.8. The highest BCUT2D eigenvalue weighted by Gasteiger charge is 2.46. The number of ether oxygens (including phenoxy) is 1. The molecule has 0 aromatic rings. The second kappa shape index (κ2) is 5.36. The van der Waals surface area contributed by atoms with Crippen LogP contribution in [-0.4, -0.2) is 43.2 Å². The molecular formula is C13H24N2O2. The van der Waals surface area contributed by atoms with Gasteiger partial charge in [0.25, 0.3) is 0 Å². The van der Waals surface area contributed by atoms with Gasteiger partial charge in [0.15, 0.2) is 0 Å². The van der Waals surface area contributed by atoms with Gasteiger partial charge < -0.3 is 15.4 Å². The lowest BCUT2D eigenvalue weighted by Crippen LogP contribution is -2.52. The summed E-state index contributed by atoms with van der Waals surface area (Å²) in [4.78, 5) is 14.3. The van der Waals surface area contributed by atoms with Crippen LogP contribution in [0.15, 0.2) is 0 Å². The van der Waals surface area contributed by atoms with E-state index in [4.69, 9.17) is 10.5 Å². The van der Waals surface area contributed by atoms with Gasteiger partial charge in [-0.2, -0.15) is 0 Å². The molecule has 1 aliphatic heterocycles. The molecule has 0 amide bonds. The summed E-state index contributed by atoms with van der Waals surface area (Å²) in [6, 6.07) is 0. The Hall–Kier alpha value is -0.610. The second-order valence-electron chi connectivity index (χ2n) is 5.46. The molecule has 0 aromatic heterocycles. The minimum Gasteiger partial charge on any atom is -0.468 e. The zero-order valence-electron chi connectivity index (χ0n) is 10.8. The highest BCUT2D eigenvalue weighted by molar-refractivity contribution is 5.81. The van der Waals surface area contributed by atoms with Gasteiger partial charge in [-0.1, -0.05) is 6.42 Å². The molecule has 1 heterocycles. The quantitative estimate of drug-likeness (QED) is 0.749. The Balaban J connectivity index is 1.88. The normalized spacial score (nSPS) is 34.1. The summed E-state index contributed by atoms with van der Waals surface area (Å²) < 4.78 is 4.86. The number of likely N-dealkylation sites (tertiary alicyclic amines) is 1. The number of esters is 1. The van der Waals surface area contributed by atoms with Crippen molar-refractivity contribution < 1.29 is 9.53 Å². The van der Waals surface area contributed by atoms with Crippen molar-refractivity contribution in [3.05, 3.63) is 0 Å². The fourth-order valence-electron chi connectivity index (χ4n) is 3.31. The summed E-state index contributed by atoms with van der Waals surface area (Å²) >= 11 is 0. The van der Waals surface area contributed by atoms with E-state index in [2.05, 4.69) is 4.90 Å². The third-order valence-electron chi connectivity index (χ3n) is 4.43.